The van der Waals surface area contributed by atoms with E-state index >= 15 is 0 Å². The smallest absolute Gasteiger partial charge is 0.232 e. The zero-order chi connectivity index (χ0) is 18.0. The Morgan fingerprint density at radius 3 is 2.60 bits per heavy atom. The second-order valence-electron chi connectivity index (χ2n) is 6.26. The zero-order valence-corrected chi connectivity index (χ0v) is 15.2. The van der Waals surface area contributed by atoms with E-state index in [-0.39, 0.29) is 24.2 Å². The van der Waals surface area contributed by atoms with Crippen molar-refractivity contribution in [1.82, 2.24) is 0 Å². The van der Waals surface area contributed by atoms with Gasteiger partial charge in [-0.3, -0.25) is 9.59 Å². The Kier molecular flexibility index (Phi) is 5.09. The monoisotopic (exact) mass is 356 g/mol. The minimum atomic E-state index is -0.340. The van der Waals surface area contributed by atoms with E-state index < -0.39 is 0 Å². The molecular weight excluding hydrogens is 336 g/mol. The van der Waals surface area contributed by atoms with Gasteiger partial charge < -0.3 is 9.80 Å². The van der Waals surface area contributed by atoms with Crippen LogP contribution in [0.5, 0.6) is 0 Å². The van der Waals surface area contributed by atoms with Crippen molar-refractivity contribution in [1.29, 1.82) is 0 Å². The molecule has 0 radical (unpaired) electrons. The van der Waals surface area contributed by atoms with Gasteiger partial charge in [0.1, 0.15) is 0 Å². The molecule has 1 aliphatic heterocycles. The Morgan fingerprint density at radius 1 is 1.24 bits per heavy atom. The van der Waals surface area contributed by atoms with Crippen molar-refractivity contribution in [3.8, 4) is 0 Å². The fraction of sp³-hybridized carbons (Fsp3) is 0.300. The molecule has 0 bridgehead atoms. The summed E-state index contributed by atoms with van der Waals surface area (Å²) in [7, 11) is 0. The molecule has 25 heavy (non-hydrogen) atoms. The lowest BCUT2D eigenvalue weighted by Crippen LogP contribution is -2.37. The molecule has 0 unspecified atom stereocenters. The molecule has 130 valence electrons. The quantitative estimate of drug-likeness (QED) is 0.829. The molecule has 0 aromatic heterocycles. The Balaban J connectivity index is 1.79. The maximum atomic E-state index is 12.9. The van der Waals surface area contributed by atoms with Gasteiger partial charge in [0.25, 0.3) is 0 Å². The van der Waals surface area contributed by atoms with Crippen LogP contribution in [0.4, 0.5) is 11.4 Å². The lowest BCUT2D eigenvalue weighted by Gasteiger charge is -2.24. The Bertz CT molecular complexity index is 792. The summed E-state index contributed by atoms with van der Waals surface area (Å²) in [6.45, 7) is 4.83. The summed E-state index contributed by atoms with van der Waals surface area (Å²) in [5.41, 5.74) is 2.57. The molecule has 0 saturated carbocycles. The highest BCUT2D eigenvalue weighted by molar-refractivity contribution is 6.31. The van der Waals surface area contributed by atoms with Gasteiger partial charge in [-0.15, -0.1) is 0 Å². The maximum Gasteiger partial charge on any atom is 0.232 e. The third-order valence-electron chi connectivity index (χ3n) is 4.59. The second-order valence-corrected chi connectivity index (χ2v) is 6.66. The van der Waals surface area contributed by atoms with Crippen LogP contribution < -0.4 is 9.80 Å². The largest absolute Gasteiger partial charge is 0.312 e. The summed E-state index contributed by atoms with van der Waals surface area (Å²) in [4.78, 5) is 28.8. The number of aryl methyl sites for hydroxylation is 1. The van der Waals surface area contributed by atoms with Crippen LogP contribution in [0.3, 0.4) is 0 Å². The van der Waals surface area contributed by atoms with E-state index in [0.29, 0.717) is 18.1 Å². The van der Waals surface area contributed by atoms with Crippen LogP contribution in [0.25, 0.3) is 0 Å². The molecule has 2 aromatic rings. The first-order chi connectivity index (χ1) is 12.0. The summed E-state index contributed by atoms with van der Waals surface area (Å²) in [6, 6.07) is 15.1. The minimum Gasteiger partial charge on any atom is -0.312 e. The first kappa shape index (κ1) is 17.5. The van der Waals surface area contributed by atoms with Crippen molar-refractivity contribution in [2.24, 2.45) is 5.92 Å². The normalized spacial score (nSPS) is 17.0. The number of carbonyl (C=O) groups excluding carboxylic acids is 2. The van der Waals surface area contributed by atoms with Crippen molar-refractivity contribution in [2.75, 3.05) is 22.9 Å². The lowest BCUT2D eigenvalue weighted by molar-refractivity contribution is -0.124. The molecule has 1 atom stereocenters. The number of para-hydroxylation sites is 1. The molecule has 0 spiro atoms. The number of hydrogen-bond donors (Lipinski definition) is 0. The Hall–Kier alpha value is -2.33. The molecule has 5 heteroatoms. The van der Waals surface area contributed by atoms with Gasteiger partial charge in [0.15, 0.2) is 0 Å². The van der Waals surface area contributed by atoms with Crippen LogP contribution in [0.2, 0.25) is 5.02 Å². The van der Waals surface area contributed by atoms with Crippen LogP contribution in [0.1, 0.15) is 18.9 Å². The molecule has 1 aliphatic rings. The molecular formula is C20H21ClN2O2. The summed E-state index contributed by atoms with van der Waals surface area (Å²) in [5.74, 6) is -0.391. The molecule has 4 nitrogen and oxygen atoms in total. The van der Waals surface area contributed by atoms with Crippen molar-refractivity contribution in [3.63, 3.8) is 0 Å². The number of anilines is 2. The van der Waals surface area contributed by atoms with Crippen LogP contribution in [-0.4, -0.2) is 24.9 Å². The van der Waals surface area contributed by atoms with Gasteiger partial charge in [0, 0.05) is 35.9 Å². The van der Waals surface area contributed by atoms with E-state index in [1.807, 2.05) is 56.3 Å². The number of rotatable bonds is 4. The fourth-order valence-corrected chi connectivity index (χ4v) is 3.34. The third-order valence-corrected chi connectivity index (χ3v) is 5.00. The zero-order valence-electron chi connectivity index (χ0n) is 14.4. The molecule has 1 fully saturated rings. The van der Waals surface area contributed by atoms with E-state index in [9.17, 15) is 9.59 Å². The van der Waals surface area contributed by atoms with Gasteiger partial charge in [0.2, 0.25) is 11.8 Å². The van der Waals surface area contributed by atoms with Crippen LogP contribution in [0, 0.1) is 12.8 Å². The fourth-order valence-electron chi connectivity index (χ4n) is 3.17. The summed E-state index contributed by atoms with van der Waals surface area (Å²) in [6.07, 6.45) is 0.230. The summed E-state index contributed by atoms with van der Waals surface area (Å²) < 4.78 is 0. The van der Waals surface area contributed by atoms with Gasteiger partial charge in [-0.1, -0.05) is 35.9 Å². The molecule has 3 rings (SSSR count). The standard InChI is InChI=1S/C20H21ClN2O2/c1-3-22(16-7-5-4-6-8-16)20(25)15-11-19(24)23(13-15)17-10-9-14(2)18(21)12-17/h4-10,12,15H,3,11,13H2,1-2H3/t15-/m0/s1. The van der Waals surface area contributed by atoms with Gasteiger partial charge >= 0.3 is 0 Å². The van der Waals surface area contributed by atoms with E-state index in [1.165, 1.54) is 0 Å². The third kappa shape index (κ3) is 3.54. The van der Waals surface area contributed by atoms with Crippen LogP contribution in [0.15, 0.2) is 48.5 Å². The van der Waals surface area contributed by atoms with Gasteiger partial charge in [-0.25, -0.2) is 0 Å². The lowest BCUT2D eigenvalue weighted by atomic mass is 10.1. The van der Waals surface area contributed by atoms with Crippen LogP contribution >= 0.6 is 11.6 Å². The van der Waals surface area contributed by atoms with Crippen molar-refractivity contribution < 1.29 is 9.59 Å². The summed E-state index contributed by atoms with van der Waals surface area (Å²) >= 11 is 6.18. The van der Waals surface area contributed by atoms with Crippen molar-refractivity contribution >= 4 is 34.8 Å². The molecule has 2 amide bonds. The predicted octanol–water partition coefficient (Wildman–Crippen LogP) is 4.05. The van der Waals surface area contributed by atoms with Gasteiger partial charge in [-0.05, 0) is 43.7 Å². The highest BCUT2D eigenvalue weighted by Crippen LogP contribution is 2.30. The van der Waals surface area contributed by atoms with Crippen molar-refractivity contribution in [2.45, 2.75) is 20.3 Å². The van der Waals surface area contributed by atoms with Crippen molar-refractivity contribution in [3.05, 3.63) is 59.1 Å². The molecule has 0 N–H and O–H groups in total. The highest BCUT2D eigenvalue weighted by atomic mass is 35.5. The van der Waals surface area contributed by atoms with E-state index in [0.717, 1.165) is 16.9 Å². The number of benzene rings is 2. The second kappa shape index (κ2) is 7.28. The number of amides is 2. The van der Waals surface area contributed by atoms with E-state index in [1.54, 1.807) is 15.9 Å². The van der Waals surface area contributed by atoms with Gasteiger partial charge in [-0.2, -0.15) is 0 Å². The van der Waals surface area contributed by atoms with Crippen LogP contribution in [-0.2, 0) is 9.59 Å². The average Bonchev–Trinajstić information content (AvgIpc) is 3.01. The highest BCUT2D eigenvalue weighted by Gasteiger charge is 2.37. The Morgan fingerprint density at radius 2 is 1.96 bits per heavy atom. The average molecular weight is 357 g/mol. The maximum absolute atomic E-state index is 12.9. The number of halogens is 1. The molecule has 0 aliphatic carbocycles. The Labute approximate surface area is 153 Å². The van der Waals surface area contributed by atoms with Gasteiger partial charge in [0.05, 0.1) is 5.92 Å². The topological polar surface area (TPSA) is 40.6 Å². The first-order valence-electron chi connectivity index (χ1n) is 8.44. The molecule has 2 aromatic carbocycles. The molecule has 1 heterocycles. The first-order valence-corrected chi connectivity index (χ1v) is 8.82. The number of hydrogen-bond acceptors (Lipinski definition) is 2. The molecule has 1 saturated heterocycles. The van der Waals surface area contributed by atoms with E-state index in [4.69, 9.17) is 11.6 Å². The number of nitrogens with zero attached hydrogens (tertiary/aromatic N) is 2. The number of carbonyl (C=O) groups is 2. The predicted molar refractivity (Wildman–Crippen MR) is 101 cm³/mol. The minimum absolute atomic E-state index is 0.0113. The summed E-state index contributed by atoms with van der Waals surface area (Å²) in [5, 5.41) is 0.625. The van der Waals surface area contributed by atoms with E-state index in [2.05, 4.69) is 0 Å². The SMILES string of the molecule is CCN(C(=O)[C@H]1CC(=O)N(c2ccc(C)c(Cl)c2)C1)c1ccccc1.